The van der Waals surface area contributed by atoms with Gasteiger partial charge in [0.15, 0.2) is 5.78 Å². The van der Waals surface area contributed by atoms with Gasteiger partial charge in [0.2, 0.25) is 0 Å². The summed E-state index contributed by atoms with van der Waals surface area (Å²) in [5.41, 5.74) is 0.421. The predicted octanol–water partition coefficient (Wildman–Crippen LogP) is 2.57. The van der Waals surface area contributed by atoms with E-state index in [9.17, 15) is 9.00 Å². The molecule has 0 N–H and O–H groups in total. The molecule has 0 spiro atoms. The number of methoxy groups -OCH3 is 1. The molecule has 0 heterocycles. The lowest BCUT2D eigenvalue weighted by Crippen LogP contribution is -2.15. The molecule has 3 nitrogen and oxygen atoms in total. The molecule has 0 saturated heterocycles. The van der Waals surface area contributed by atoms with E-state index in [0.29, 0.717) is 28.0 Å². The Morgan fingerprint density at radius 1 is 1.35 bits per heavy atom. The average Bonchev–Trinajstić information content (AvgIpc) is 2.30. The zero-order valence-electron chi connectivity index (χ0n) is 9.24. The van der Waals surface area contributed by atoms with Crippen LogP contribution in [0.25, 0.3) is 0 Å². The van der Waals surface area contributed by atoms with Gasteiger partial charge in [0.25, 0.3) is 0 Å². The second-order valence-corrected chi connectivity index (χ2v) is 5.72. The van der Waals surface area contributed by atoms with Crippen LogP contribution in [-0.2, 0) is 15.5 Å². The maximum atomic E-state index is 11.7. The summed E-state index contributed by atoms with van der Waals surface area (Å²) in [7, 11) is 0.313. The highest BCUT2D eigenvalue weighted by molar-refractivity contribution is 7.85. The molecule has 1 rings (SSSR count). The quantitative estimate of drug-likeness (QED) is 0.758. The maximum Gasteiger partial charge on any atom is 0.175 e. The average molecular weight is 295 g/mol. The van der Waals surface area contributed by atoms with Crippen LogP contribution in [-0.4, -0.2) is 35.2 Å². The summed E-state index contributed by atoms with van der Waals surface area (Å²) in [6, 6.07) is 4.61. The fraction of sp³-hybridized carbons (Fsp3) is 0.364. The third-order valence-corrected chi connectivity index (χ3v) is 3.99. The number of hydrogen-bond donors (Lipinski definition) is 0. The smallest absolute Gasteiger partial charge is 0.175 e. The van der Waals surface area contributed by atoms with E-state index in [1.54, 1.807) is 12.1 Å². The van der Waals surface area contributed by atoms with Crippen LogP contribution in [0.15, 0.2) is 18.2 Å². The normalized spacial score (nSPS) is 12.4. The Bertz CT molecular complexity index is 435. The zero-order chi connectivity index (χ0) is 12.8. The molecule has 0 aromatic heterocycles. The first-order valence-corrected chi connectivity index (χ1v) is 7.11. The maximum absolute atomic E-state index is 11.7. The van der Waals surface area contributed by atoms with E-state index >= 15 is 0 Å². The van der Waals surface area contributed by atoms with Crippen LogP contribution in [0.4, 0.5) is 0 Å². The Morgan fingerprint density at radius 2 is 2.06 bits per heavy atom. The van der Waals surface area contributed by atoms with Gasteiger partial charge in [-0.05, 0) is 18.2 Å². The molecular weight excluding hydrogens is 283 g/mol. The number of hydrogen-bond acceptors (Lipinski definition) is 3. The number of ketones is 1. The molecule has 1 atom stereocenters. The second-order valence-electron chi connectivity index (χ2n) is 3.33. The van der Waals surface area contributed by atoms with Crippen LogP contribution < -0.4 is 0 Å². The van der Waals surface area contributed by atoms with E-state index < -0.39 is 10.8 Å². The van der Waals surface area contributed by atoms with Gasteiger partial charge in [-0.15, -0.1) is 0 Å². The number of Topliss-reactive ketones (excluding diaryl/α,β-unsaturated/α-hetero) is 1. The summed E-state index contributed by atoms with van der Waals surface area (Å²) < 4.78 is 16.3. The highest BCUT2D eigenvalue weighted by atomic mass is 35.5. The van der Waals surface area contributed by atoms with Gasteiger partial charge >= 0.3 is 0 Å². The Balaban J connectivity index is 2.63. The molecule has 1 aromatic carbocycles. The molecule has 1 aromatic rings. The van der Waals surface area contributed by atoms with Crippen molar-refractivity contribution in [2.75, 3.05) is 25.2 Å². The SMILES string of the molecule is COCCS(=O)CC(=O)c1ccc(Cl)c(Cl)c1. The van der Waals surface area contributed by atoms with Crippen molar-refractivity contribution in [3.8, 4) is 0 Å². The van der Waals surface area contributed by atoms with Gasteiger partial charge in [0.05, 0.1) is 22.4 Å². The molecule has 0 aliphatic carbocycles. The highest BCUT2D eigenvalue weighted by Gasteiger charge is 2.11. The van der Waals surface area contributed by atoms with Crippen LogP contribution in [0.1, 0.15) is 10.4 Å². The van der Waals surface area contributed by atoms with Crippen molar-refractivity contribution in [1.29, 1.82) is 0 Å². The minimum atomic E-state index is -1.21. The number of ether oxygens (including phenoxy) is 1. The van der Waals surface area contributed by atoms with Gasteiger partial charge in [-0.3, -0.25) is 9.00 Å². The summed E-state index contributed by atoms with van der Waals surface area (Å²) in [6.07, 6.45) is 0. The van der Waals surface area contributed by atoms with Gasteiger partial charge < -0.3 is 4.74 Å². The van der Waals surface area contributed by atoms with Crippen molar-refractivity contribution in [3.05, 3.63) is 33.8 Å². The molecule has 1 unspecified atom stereocenters. The van der Waals surface area contributed by atoms with Crippen LogP contribution in [0, 0.1) is 0 Å². The fourth-order valence-corrected chi connectivity index (χ4v) is 2.40. The van der Waals surface area contributed by atoms with Crippen LogP contribution in [0.5, 0.6) is 0 Å². The largest absolute Gasteiger partial charge is 0.384 e. The topological polar surface area (TPSA) is 43.4 Å². The molecule has 0 radical (unpaired) electrons. The Hall–Kier alpha value is -0.420. The molecule has 0 aliphatic heterocycles. The monoisotopic (exact) mass is 294 g/mol. The molecule has 94 valence electrons. The molecule has 0 aliphatic rings. The Morgan fingerprint density at radius 3 is 2.65 bits per heavy atom. The second kappa shape index (κ2) is 7.11. The number of benzene rings is 1. The third kappa shape index (κ3) is 4.76. The van der Waals surface area contributed by atoms with E-state index in [1.165, 1.54) is 13.2 Å². The number of carbonyl (C=O) groups excluding carboxylic acids is 1. The molecule has 6 heteroatoms. The van der Waals surface area contributed by atoms with E-state index in [4.69, 9.17) is 27.9 Å². The van der Waals surface area contributed by atoms with E-state index in [1.807, 2.05) is 0 Å². The van der Waals surface area contributed by atoms with E-state index in [2.05, 4.69) is 0 Å². The first-order valence-electron chi connectivity index (χ1n) is 4.86. The first-order chi connectivity index (χ1) is 8.04. The standard InChI is InChI=1S/C11H12Cl2O3S/c1-16-4-5-17(15)7-11(14)8-2-3-9(12)10(13)6-8/h2-3,6H,4-5,7H2,1H3. The molecule has 0 bridgehead atoms. The summed E-state index contributed by atoms with van der Waals surface area (Å²) in [5.74, 6) is 0.114. The lowest BCUT2D eigenvalue weighted by molar-refractivity contribution is 0.102. The van der Waals surface area contributed by atoms with Gasteiger partial charge in [-0.1, -0.05) is 23.2 Å². The first kappa shape index (κ1) is 14.6. The van der Waals surface area contributed by atoms with Crippen molar-refractivity contribution in [2.24, 2.45) is 0 Å². The van der Waals surface area contributed by atoms with Crippen LogP contribution in [0.2, 0.25) is 10.0 Å². The van der Waals surface area contributed by atoms with Gasteiger partial charge in [-0.25, -0.2) is 0 Å². The molecule has 17 heavy (non-hydrogen) atoms. The third-order valence-electron chi connectivity index (χ3n) is 2.05. The van der Waals surface area contributed by atoms with Crippen molar-refractivity contribution in [2.45, 2.75) is 0 Å². The molecule has 0 amide bonds. The molecular formula is C11H12Cl2O3S. The van der Waals surface area contributed by atoms with Crippen LogP contribution in [0.3, 0.4) is 0 Å². The summed E-state index contributed by atoms with van der Waals surface area (Å²) in [4.78, 5) is 11.7. The number of rotatable bonds is 6. The van der Waals surface area contributed by atoms with Crippen LogP contribution >= 0.6 is 23.2 Å². The zero-order valence-corrected chi connectivity index (χ0v) is 11.6. The minimum absolute atomic E-state index is 0.0265. The molecule has 0 saturated carbocycles. The number of carbonyl (C=O) groups is 1. The summed E-state index contributed by atoms with van der Waals surface area (Å²) in [5, 5.41) is 0.712. The van der Waals surface area contributed by atoms with Gasteiger partial charge in [-0.2, -0.15) is 0 Å². The van der Waals surface area contributed by atoms with Gasteiger partial charge in [0, 0.05) is 29.2 Å². The summed E-state index contributed by atoms with van der Waals surface area (Å²) in [6.45, 7) is 0.376. The van der Waals surface area contributed by atoms with E-state index in [0.717, 1.165) is 0 Å². The lowest BCUT2D eigenvalue weighted by atomic mass is 10.1. The van der Waals surface area contributed by atoms with Crippen molar-refractivity contribution in [3.63, 3.8) is 0 Å². The fourth-order valence-electron chi connectivity index (χ4n) is 1.15. The number of halogens is 2. The van der Waals surface area contributed by atoms with Crippen molar-refractivity contribution in [1.82, 2.24) is 0 Å². The Labute approximate surface area is 113 Å². The Kier molecular flexibility index (Phi) is 6.12. The van der Waals surface area contributed by atoms with Crippen molar-refractivity contribution < 1.29 is 13.7 Å². The van der Waals surface area contributed by atoms with Gasteiger partial charge in [0.1, 0.15) is 0 Å². The van der Waals surface area contributed by atoms with Crippen molar-refractivity contribution >= 4 is 39.8 Å². The highest BCUT2D eigenvalue weighted by Crippen LogP contribution is 2.22. The molecule has 0 fully saturated rings. The van der Waals surface area contributed by atoms with E-state index in [-0.39, 0.29) is 11.5 Å². The predicted molar refractivity (Wildman–Crippen MR) is 70.5 cm³/mol. The lowest BCUT2D eigenvalue weighted by Gasteiger charge is -2.03. The minimum Gasteiger partial charge on any atom is -0.384 e. The summed E-state index contributed by atoms with van der Waals surface area (Å²) >= 11 is 11.5.